The summed E-state index contributed by atoms with van der Waals surface area (Å²) in [5.74, 6) is -0.275. The van der Waals surface area contributed by atoms with Crippen LogP contribution in [0.25, 0.3) is 0 Å². The molecular formula is C19H36O5. The zero-order chi connectivity index (χ0) is 18.0. The quantitative estimate of drug-likeness (QED) is 0.714. The lowest BCUT2D eigenvalue weighted by atomic mass is 9.62. The smallest absolute Gasteiger partial charge is 0.187 e. The van der Waals surface area contributed by atoms with Gasteiger partial charge in [-0.15, -0.1) is 0 Å². The zero-order valence-electron chi connectivity index (χ0n) is 15.7. The molecule has 0 saturated carbocycles. The van der Waals surface area contributed by atoms with Crippen LogP contribution in [-0.2, 0) is 9.47 Å². The fourth-order valence-corrected chi connectivity index (χ4v) is 5.02. The van der Waals surface area contributed by atoms with Crippen molar-refractivity contribution in [3.63, 3.8) is 0 Å². The highest BCUT2D eigenvalue weighted by molar-refractivity contribution is 5.00. The van der Waals surface area contributed by atoms with Crippen LogP contribution in [0, 0.1) is 11.3 Å². The number of hydrogen-bond donors (Lipinski definition) is 3. The van der Waals surface area contributed by atoms with E-state index in [1.54, 1.807) is 0 Å². The number of hydrogen-bond acceptors (Lipinski definition) is 5. The Kier molecular flexibility index (Phi) is 6.71. The molecule has 3 aliphatic heterocycles. The highest BCUT2D eigenvalue weighted by Crippen LogP contribution is 2.50. The summed E-state index contributed by atoms with van der Waals surface area (Å²) < 4.78 is 12.2. The second-order valence-corrected chi connectivity index (χ2v) is 7.66. The Morgan fingerprint density at radius 3 is 2.04 bits per heavy atom. The Balaban J connectivity index is 2.46. The van der Waals surface area contributed by atoms with E-state index in [2.05, 4.69) is 27.7 Å². The van der Waals surface area contributed by atoms with Crippen molar-refractivity contribution in [2.45, 2.75) is 103 Å². The molecule has 0 spiro atoms. The van der Waals surface area contributed by atoms with E-state index in [1.165, 1.54) is 0 Å². The molecule has 142 valence electrons. The van der Waals surface area contributed by atoms with Crippen molar-refractivity contribution in [3.05, 3.63) is 0 Å². The van der Waals surface area contributed by atoms with Crippen LogP contribution in [0.2, 0.25) is 0 Å². The van der Waals surface area contributed by atoms with E-state index >= 15 is 0 Å². The average Bonchev–Trinajstić information content (AvgIpc) is 2.62. The molecule has 0 aromatic rings. The summed E-state index contributed by atoms with van der Waals surface area (Å²) in [6.45, 7) is 8.30. The Bertz CT molecular complexity index is 387. The zero-order valence-corrected chi connectivity index (χ0v) is 15.7. The van der Waals surface area contributed by atoms with Crippen LogP contribution >= 0.6 is 0 Å². The van der Waals surface area contributed by atoms with Gasteiger partial charge in [0, 0.05) is 5.92 Å². The topological polar surface area (TPSA) is 79.2 Å². The largest absolute Gasteiger partial charge is 0.394 e. The molecule has 3 fully saturated rings. The third kappa shape index (κ3) is 3.38. The van der Waals surface area contributed by atoms with E-state index in [-0.39, 0.29) is 23.5 Å². The fraction of sp³-hybridized carbons (Fsp3) is 1.00. The molecule has 0 radical (unpaired) electrons. The van der Waals surface area contributed by atoms with E-state index in [9.17, 15) is 15.3 Å². The van der Waals surface area contributed by atoms with E-state index < -0.39 is 24.6 Å². The maximum Gasteiger partial charge on any atom is 0.187 e. The maximum atomic E-state index is 10.9. The molecule has 5 heteroatoms. The van der Waals surface area contributed by atoms with Gasteiger partial charge in [0.25, 0.3) is 0 Å². The standard InChI is InChI=1S/C19H36O5/c1-5-18(6-2)10-9-11-19(7-3,8-4)24-17-16(22)15(21)14(18)13(12-20)23-17/h13-17,20-22H,5-12H2,1-4H3/t13-,14?,15+,16-,17-/m1/s1. The third-order valence-electron chi connectivity index (χ3n) is 6.96. The van der Waals surface area contributed by atoms with Gasteiger partial charge in [0.15, 0.2) is 6.29 Å². The van der Waals surface area contributed by atoms with Crippen molar-refractivity contribution in [2.24, 2.45) is 11.3 Å². The van der Waals surface area contributed by atoms with Crippen LogP contribution in [0.3, 0.4) is 0 Å². The van der Waals surface area contributed by atoms with Crippen LogP contribution in [-0.4, -0.2) is 52.1 Å². The monoisotopic (exact) mass is 344 g/mol. The lowest BCUT2D eigenvalue weighted by Gasteiger charge is -2.54. The molecule has 3 N–H and O–H groups in total. The van der Waals surface area contributed by atoms with Gasteiger partial charge in [-0.2, -0.15) is 0 Å². The van der Waals surface area contributed by atoms with Gasteiger partial charge in [-0.25, -0.2) is 0 Å². The summed E-state index contributed by atoms with van der Waals surface area (Å²) in [7, 11) is 0. The minimum absolute atomic E-state index is 0.136. The first kappa shape index (κ1) is 20.1. The van der Waals surface area contributed by atoms with Crippen molar-refractivity contribution in [1.82, 2.24) is 0 Å². The van der Waals surface area contributed by atoms with Gasteiger partial charge in [-0.05, 0) is 31.1 Å². The van der Waals surface area contributed by atoms with E-state index in [0.29, 0.717) is 0 Å². The van der Waals surface area contributed by atoms with Crippen LogP contribution in [0.1, 0.15) is 72.6 Å². The van der Waals surface area contributed by atoms with Crippen LogP contribution in [0.4, 0.5) is 0 Å². The van der Waals surface area contributed by atoms with Gasteiger partial charge in [0.2, 0.25) is 0 Å². The Labute approximate surface area is 146 Å². The Morgan fingerprint density at radius 1 is 0.917 bits per heavy atom. The van der Waals surface area contributed by atoms with Gasteiger partial charge in [0.1, 0.15) is 6.10 Å². The van der Waals surface area contributed by atoms with Crippen LogP contribution < -0.4 is 0 Å². The fourth-order valence-electron chi connectivity index (χ4n) is 5.02. The lowest BCUT2D eigenvalue weighted by molar-refractivity contribution is -0.336. The molecule has 0 aromatic carbocycles. The average molecular weight is 344 g/mol. The van der Waals surface area contributed by atoms with E-state index in [4.69, 9.17) is 9.47 Å². The minimum Gasteiger partial charge on any atom is -0.394 e. The van der Waals surface area contributed by atoms with Gasteiger partial charge < -0.3 is 24.8 Å². The summed E-state index contributed by atoms with van der Waals surface area (Å²) in [4.78, 5) is 0. The first-order chi connectivity index (χ1) is 11.4. The normalized spacial score (nSPS) is 38.9. The maximum absolute atomic E-state index is 10.9. The molecule has 3 rings (SSSR count). The van der Waals surface area contributed by atoms with Crippen LogP contribution in [0.15, 0.2) is 0 Å². The van der Waals surface area contributed by atoms with Crippen LogP contribution in [0.5, 0.6) is 0 Å². The number of ether oxygens (including phenoxy) is 2. The highest BCUT2D eigenvalue weighted by atomic mass is 16.7. The molecule has 3 aliphatic rings. The predicted octanol–water partition coefficient (Wildman–Crippen LogP) is 2.61. The molecular weight excluding hydrogens is 308 g/mol. The highest BCUT2D eigenvalue weighted by Gasteiger charge is 2.54. The third-order valence-corrected chi connectivity index (χ3v) is 6.96. The molecule has 0 amide bonds. The first-order valence-electron chi connectivity index (χ1n) is 9.72. The van der Waals surface area contributed by atoms with Gasteiger partial charge in [0.05, 0.1) is 24.4 Å². The molecule has 1 unspecified atom stereocenters. The molecule has 5 nitrogen and oxygen atoms in total. The van der Waals surface area contributed by atoms with Crippen molar-refractivity contribution >= 4 is 0 Å². The first-order valence-corrected chi connectivity index (χ1v) is 9.72. The van der Waals surface area contributed by atoms with Gasteiger partial charge >= 0.3 is 0 Å². The van der Waals surface area contributed by atoms with Crippen molar-refractivity contribution in [2.75, 3.05) is 6.61 Å². The lowest BCUT2D eigenvalue weighted by Crippen LogP contribution is -2.62. The predicted molar refractivity (Wildman–Crippen MR) is 92.5 cm³/mol. The SMILES string of the molecule is CCC1(CC)CCCC(CC)(CC)C2[C@@H](CO)O[C@H](O1)[C@H](O)[C@H]2O. The summed E-state index contributed by atoms with van der Waals surface area (Å²) in [6, 6.07) is 0. The summed E-state index contributed by atoms with van der Waals surface area (Å²) in [5, 5.41) is 31.4. The second-order valence-electron chi connectivity index (χ2n) is 7.66. The number of aliphatic hydroxyl groups is 3. The van der Waals surface area contributed by atoms with Gasteiger partial charge in [-0.3, -0.25) is 0 Å². The molecule has 2 bridgehead atoms. The molecule has 3 heterocycles. The van der Waals surface area contributed by atoms with E-state index in [1.807, 2.05) is 0 Å². The molecule has 0 aliphatic carbocycles. The minimum atomic E-state index is -1.08. The van der Waals surface area contributed by atoms with Crippen molar-refractivity contribution < 1.29 is 24.8 Å². The molecule has 0 aromatic heterocycles. The summed E-state index contributed by atoms with van der Waals surface area (Å²) in [5.41, 5.74) is -0.480. The van der Waals surface area contributed by atoms with E-state index in [0.717, 1.165) is 44.9 Å². The number of fused-ring (bicyclic) bond motifs is 7. The molecule has 3 saturated heterocycles. The molecule has 24 heavy (non-hydrogen) atoms. The van der Waals surface area contributed by atoms with Crippen molar-refractivity contribution in [1.29, 1.82) is 0 Å². The van der Waals surface area contributed by atoms with Crippen molar-refractivity contribution in [3.8, 4) is 0 Å². The molecule has 5 atom stereocenters. The Morgan fingerprint density at radius 2 is 1.54 bits per heavy atom. The number of rotatable bonds is 5. The Hall–Kier alpha value is -0.200. The number of aliphatic hydroxyl groups excluding tert-OH is 3. The second kappa shape index (κ2) is 8.00. The van der Waals surface area contributed by atoms with Gasteiger partial charge in [-0.1, -0.05) is 47.0 Å². The summed E-state index contributed by atoms with van der Waals surface area (Å²) in [6.07, 6.45) is 2.98. The summed E-state index contributed by atoms with van der Waals surface area (Å²) >= 11 is 0.